The number of hydrogen-bond acceptors (Lipinski definition) is 11. The Morgan fingerprint density at radius 3 is 1.96 bits per heavy atom. The molecule has 0 aliphatic heterocycles. The van der Waals surface area contributed by atoms with Crippen molar-refractivity contribution in [2.24, 2.45) is 17.6 Å². The number of aliphatic hydroxyl groups excluding tert-OH is 2. The van der Waals surface area contributed by atoms with Gasteiger partial charge in [0.1, 0.15) is 12.4 Å². The summed E-state index contributed by atoms with van der Waals surface area (Å²) < 4.78 is 32.7. The van der Waals surface area contributed by atoms with Crippen LogP contribution in [0.2, 0.25) is 0 Å². The molecule has 0 aromatic heterocycles. The van der Waals surface area contributed by atoms with Gasteiger partial charge < -0.3 is 30.3 Å². The minimum atomic E-state index is -4.44. The second-order valence-electron chi connectivity index (χ2n) is 14.6. The molecule has 0 radical (unpaired) electrons. The van der Waals surface area contributed by atoms with Gasteiger partial charge in [-0.15, -0.1) is 0 Å². The Balaban J connectivity index is 2.41. The highest BCUT2D eigenvalue weighted by atomic mass is 31.2. The highest BCUT2D eigenvalue weighted by Gasteiger charge is 2.39. The lowest BCUT2D eigenvalue weighted by molar-refractivity contribution is -0.161. The SMILES string of the molecule is CCCCCCCCCCCCCCC(=O)OC[C@H](COP(=O)(O)OCCN)OC(=O)CCCCCC[C@H]1C(=O)C[C@@H](O)[C@@H]1/C=C/[C@@H](O)CCCCC. The topological polar surface area (TPSA) is 192 Å². The Morgan fingerprint density at radius 2 is 1.36 bits per heavy atom. The van der Waals surface area contributed by atoms with Crippen LogP contribution in [-0.4, -0.2) is 77.5 Å². The molecule has 12 nitrogen and oxygen atoms in total. The summed E-state index contributed by atoms with van der Waals surface area (Å²) in [5.41, 5.74) is 5.33. The lowest BCUT2D eigenvalue weighted by Gasteiger charge is -2.20. The van der Waals surface area contributed by atoms with Crippen LogP contribution in [-0.2, 0) is 37.5 Å². The molecule has 0 aromatic carbocycles. The molecule has 310 valence electrons. The minimum Gasteiger partial charge on any atom is -0.462 e. The number of phosphoric acid groups is 1. The van der Waals surface area contributed by atoms with Crippen LogP contribution in [0.15, 0.2) is 12.2 Å². The number of carbonyl (C=O) groups excluding carboxylic acids is 3. The number of phosphoric ester groups is 1. The van der Waals surface area contributed by atoms with E-state index in [0.717, 1.165) is 51.4 Å². The van der Waals surface area contributed by atoms with Crippen molar-refractivity contribution in [3.8, 4) is 0 Å². The number of ketones is 1. The lowest BCUT2D eigenvalue weighted by Crippen LogP contribution is -2.29. The van der Waals surface area contributed by atoms with Gasteiger partial charge in [0.2, 0.25) is 0 Å². The van der Waals surface area contributed by atoms with Gasteiger partial charge in [-0.3, -0.25) is 23.4 Å². The maximum atomic E-state index is 12.7. The van der Waals surface area contributed by atoms with Crippen LogP contribution >= 0.6 is 7.82 Å². The molecule has 53 heavy (non-hydrogen) atoms. The molecule has 0 heterocycles. The van der Waals surface area contributed by atoms with Crippen LogP contribution in [0.3, 0.4) is 0 Å². The van der Waals surface area contributed by atoms with Gasteiger partial charge in [0, 0.05) is 37.6 Å². The van der Waals surface area contributed by atoms with Crippen LogP contribution in [0.25, 0.3) is 0 Å². The van der Waals surface area contributed by atoms with Crippen molar-refractivity contribution in [3.05, 3.63) is 12.2 Å². The summed E-state index contributed by atoms with van der Waals surface area (Å²) >= 11 is 0. The van der Waals surface area contributed by atoms with E-state index in [0.29, 0.717) is 32.1 Å². The average molecular weight is 776 g/mol. The zero-order chi connectivity index (χ0) is 39.2. The minimum absolute atomic E-state index is 0.0168. The summed E-state index contributed by atoms with van der Waals surface area (Å²) in [7, 11) is -4.44. The Hall–Kier alpha value is -1.66. The molecule has 0 bridgehead atoms. The van der Waals surface area contributed by atoms with Gasteiger partial charge in [-0.1, -0.05) is 135 Å². The van der Waals surface area contributed by atoms with Gasteiger partial charge in [0.05, 0.1) is 25.4 Å². The largest absolute Gasteiger partial charge is 0.472 e. The van der Waals surface area contributed by atoms with Crippen LogP contribution in [0.4, 0.5) is 0 Å². The van der Waals surface area contributed by atoms with E-state index in [9.17, 15) is 34.1 Å². The fraction of sp³-hybridized carbons (Fsp3) is 0.875. The van der Waals surface area contributed by atoms with Crippen LogP contribution in [0, 0.1) is 11.8 Å². The summed E-state index contributed by atoms with van der Waals surface area (Å²) in [6, 6.07) is 0. The third-order valence-corrected chi connectivity index (χ3v) is 10.8. The van der Waals surface area contributed by atoms with Gasteiger partial charge in [-0.25, -0.2) is 4.57 Å². The first-order chi connectivity index (χ1) is 25.5. The molecular formula is C40H74NO11P. The summed E-state index contributed by atoms with van der Waals surface area (Å²) in [4.78, 5) is 47.5. The number of unbranched alkanes of at least 4 members (excludes halogenated alkanes) is 16. The molecule has 0 amide bonds. The first-order valence-electron chi connectivity index (χ1n) is 20.8. The third kappa shape index (κ3) is 25.9. The fourth-order valence-corrected chi connectivity index (χ4v) is 7.41. The number of Topliss-reactive ketones (excluding diaryl/α,β-unsaturated/α-hetero) is 1. The van der Waals surface area contributed by atoms with E-state index in [1.54, 1.807) is 6.08 Å². The fourth-order valence-electron chi connectivity index (χ4n) is 6.65. The van der Waals surface area contributed by atoms with Crippen LogP contribution in [0.5, 0.6) is 0 Å². The predicted octanol–water partition coefficient (Wildman–Crippen LogP) is 8.03. The molecule has 1 saturated carbocycles. The highest BCUT2D eigenvalue weighted by molar-refractivity contribution is 7.47. The zero-order valence-corrected chi connectivity index (χ0v) is 33.9. The van der Waals surface area contributed by atoms with Crippen molar-refractivity contribution < 1.29 is 52.6 Å². The van der Waals surface area contributed by atoms with E-state index in [1.807, 2.05) is 6.08 Å². The quantitative estimate of drug-likeness (QED) is 0.0210. The van der Waals surface area contributed by atoms with Crippen molar-refractivity contribution in [1.82, 2.24) is 0 Å². The standard InChI is InChI=1S/C40H74NO11P/c1-3-5-7-8-9-10-11-12-13-14-15-20-24-39(45)49-31-34(32-51-53(47,48)50-29-28-41)52-40(46)25-21-17-16-19-23-35-36(38(44)30-37(35)43)27-26-33(42)22-18-6-4-2/h26-27,33-36,38,42,44H,3-25,28-32,41H2,1-2H3,(H,47,48)/b27-26+/t33-,34+,35+,36+,38+/m0/s1. The number of hydrogen-bond donors (Lipinski definition) is 4. The number of ether oxygens (including phenoxy) is 2. The molecular weight excluding hydrogens is 701 g/mol. The molecule has 1 rings (SSSR count). The Bertz CT molecular complexity index is 1040. The summed E-state index contributed by atoms with van der Waals surface area (Å²) in [6.45, 7) is 3.35. The van der Waals surface area contributed by atoms with Crippen molar-refractivity contribution in [2.75, 3.05) is 26.4 Å². The number of esters is 2. The normalized spacial score (nSPS) is 19.7. The Morgan fingerprint density at radius 1 is 0.811 bits per heavy atom. The number of nitrogens with two attached hydrogens (primary N) is 1. The van der Waals surface area contributed by atoms with Gasteiger partial charge in [0.25, 0.3) is 0 Å². The second-order valence-corrected chi connectivity index (χ2v) is 16.1. The zero-order valence-electron chi connectivity index (χ0n) is 33.0. The Labute approximate surface area is 319 Å². The van der Waals surface area contributed by atoms with Gasteiger partial charge >= 0.3 is 19.8 Å². The molecule has 0 spiro atoms. The predicted molar refractivity (Wildman–Crippen MR) is 207 cm³/mol. The summed E-state index contributed by atoms with van der Waals surface area (Å²) in [5, 5.41) is 20.7. The molecule has 1 aliphatic rings. The van der Waals surface area contributed by atoms with E-state index in [-0.39, 0.29) is 56.6 Å². The molecule has 6 atom stereocenters. The number of carbonyl (C=O) groups is 3. The van der Waals surface area contributed by atoms with Gasteiger partial charge in [0.15, 0.2) is 6.10 Å². The lowest BCUT2D eigenvalue weighted by atomic mass is 9.88. The molecule has 13 heteroatoms. The van der Waals surface area contributed by atoms with E-state index in [4.69, 9.17) is 24.3 Å². The average Bonchev–Trinajstić information content (AvgIpc) is 3.40. The number of rotatable bonds is 35. The molecule has 1 unspecified atom stereocenters. The monoisotopic (exact) mass is 775 g/mol. The van der Waals surface area contributed by atoms with Crippen molar-refractivity contribution >= 4 is 25.5 Å². The highest BCUT2D eigenvalue weighted by Crippen LogP contribution is 2.43. The molecule has 5 N–H and O–H groups in total. The maximum absolute atomic E-state index is 12.7. The summed E-state index contributed by atoms with van der Waals surface area (Å²) in [6.07, 6.45) is 22.9. The molecule has 1 fully saturated rings. The van der Waals surface area contributed by atoms with Gasteiger partial charge in [-0.2, -0.15) is 0 Å². The third-order valence-electron chi connectivity index (χ3n) is 9.80. The van der Waals surface area contributed by atoms with Crippen molar-refractivity contribution in [1.29, 1.82) is 0 Å². The first-order valence-corrected chi connectivity index (χ1v) is 22.3. The first kappa shape index (κ1) is 49.4. The molecule has 0 aromatic rings. The summed E-state index contributed by atoms with van der Waals surface area (Å²) in [5.74, 6) is -1.53. The second kappa shape index (κ2) is 31.5. The van der Waals surface area contributed by atoms with E-state index >= 15 is 0 Å². The van der Waals surface area contributed by atoms with Crippen molar-refractivity contribution in [3.63, 3.8) is 0 Å². The Kier molecular flexibility index (Phi) is 29.4. The van der Waals surface area contributed by atoms with Crippen molar-refractivity contribution in [2.45, 2.75) is 186 Å². The van der Waals surface area contributed by atoms with E-state index in [1.165, 1.54) is 51.4 Å². The number of aliphatic hydroxyl groups is 2. The molecule has 1 aliphatic carbocycles. The van der Waals surface area contributed by atoms with Crippen LogP contribution in [0.1, 0.15) is 168 Å². The molecule has 0 saturated heterocycles. The smallest absolute Gasteiger partial charge is 0.462 e. The van der Waals surface area contributed by atoms with Crippen LogP contribution < -0.4 is 5.73 Å². The van der Waals surface area contributed by atoms with E-state index in [2.05, 4.69) is 13.8 Å². The van der Waals surface area contributed by atoms with E-state index < -0.39 is 44.7 Å². The maximum Gasteiger partial charge on any atom is 0.472 e. The van der Waals surface area contributed by atoms with Gasteiger partial charge in [-0.05, 0) is 25.7 Å².